The van der Waals surface area contributed by atoms with Gasteiger partial charge in [-0.3, -0.25) is 14.4 Å². The van der Waals surface area contributed by atoms with E-state index in [4.69, 9.17) is 33.2 Å². The number of carbonyl (C=O) groups excluding carboxylic acids is 3. The lowest BCUT2D eigenvalue weighted by molar-refractivity contribution is -0.318. The van der Waals surface area contributed by atoms with Crippen LogP contribution in [0, 0.1) is 23.7 Å². The maximum absolute atomic E-state index is 14.4. The highest BCUT2D eigenvalue weighted by Gasteiger charge is 2.54. The van der Waals surface area contributed by atoms with Gasteiger partial charge in [0.15, 0.2) is 18.7 Å². The highest BCUT2D eigenvalue weighted by atomic mass is 16.7. The molecule has 414 valence electrons. The van der Waals surface area contributed by atoms with Crippen LogP contribution in [0.2, 0.25) is 0 Å². The number of aliphatic hydroxyl groups is 4. The van der Waals surface area contributed by atoms with E-state index in [1.165, 1.54) is 47.1 Å². The van der Waals surface area contributed by atoms with Crippen LogP contribution in [0.4, 0.5) is 0 Å². The molecule has 0 amide bonds. The van der Waals surface area contributed by atoms with Crippen LogP contribution in [-0.4, -0.2) is 149 Å². The number of esters is 2. The van der Waals surface area contributed by atoms with Crippen LogP contribution < -0.4 is 0 Å². The van der Waals surface area contributed by atoms with Gasteiger partial charge in [0.2, 0.25) is 0 Å². The molecule has 3 heterocycles. The minimum Gasteiger partial charge on any atom is -0.459 e. The Hall–Kier alpha value is -2.83. The quantitative estimate of drug-likeness (QED) is 0.0457. The Morgan fingerprint density at radius 1 is 0.778 bits per heavy atom. The molecule has 15 heteroatoms. The summed E-state index contributed by atoms with van der Waals surface area (Å²) in [6.07, 6.45) is 16.5. The van der Waals surface area contributed by atoms with Gasteiger partial charge in [-0.1, -0.05) is 96.1 Å². The number of methoxy groups -OCH3 is 1. The summed E-state index contributed by atoms with van der Waals surface area (Å²) in [4.78, 5) is 43.7. The van der Waals surface area contributed by atoms with Gasteiger partial charge in [0, 0.05) is 43.7 Å². The largest absolute Gasteiger partial charge is 0.459 e. The standard InChI is InChI=1S/C57H97NO14/c1-15-17-18-19-20-21-22-23-24-25-26-27-28-29-30-31-32-33-45(59)70-52-42(8)68-46(36-56(52,10)66-14)71-49-40(6)51(72-54-48(61)43(58(12)13)34-38(4)67-54)55(9,64)35-37(3)47(60)39(5)50(62)57(11,65)44(16-2)69-53(63)41(49)7/h20-21,23-24,26-27,29-30,37-44,46,48-52,54,61-62,64-65H,15-19,22,25,28,31-36H2,1-14H3/b21-20-,24-23-,27-26-,30-29-/t37-,38-,39+,40+,41-,42+,43+,44-,46+,48-,49?,50-,51-,52+,54+,55-,56-,57-/m1/s1. The van der Waals surface area contributed by atoms with Crippen molar-refractivity contribution in [2.24, 2.45) is 23.7 Å². The lowest BCUT2D eigenvalue weighted by Gasteiger charge is -2.49. The number of nitrogens with zero attached hydrogens (tertiary/aromatic N) is 1. The molecule has 3 saturated heterocycles. The van der Waals surface area contributed by atoms with Crippen molar-refractivity contribution < 1.29 is 68.0 Å². The third-order valence-electron chi connectivity index (χ3n) is 15.2. The third-order valence-corrected chi connectivity index (χ3v) is 15.2. The molecule has 3 fully saturated rings. The van der Waals surface area contributed by atoms with Crippen molar-refractivity contribution in [1.29, 1.82) is 0 Å². The van der Waals surface area contributed by atoms with Crippen LogP contribution in [0.3, 0.4) is 0 Å². The molecular formula is C57H97NO14. The second kappa shape index (κ2) is 30.0. The second-order valence-electron chi connectivity index (χ2n) is 21.9. The lowest BCUT2D eigenvalue weighted by Crippen LogP contribution is -2.61. The molecule has 18 atom stereocenters. The molecular weight excluding hydrogens is 923 g/mol. The number of hydrogen-bond donors (Lipinski definition) is 4. The fourth-order valence-corrected chi connectivity index (χ4v) is 10.7. The summed E-state index contributed by atoms with van der Waals surface area (Å²) in [6.45, 7) is 18.8. The summed E-state index contributed by atoms with van der Waals surface area (Å²) in [6, 6.07) is -0.351. The number of aliphatic hydroxyl groups excluding tert-OH is 2. The lowest BCUT2D eigenvalue weighted by atomic mass is 9.74. The monoisotopic (exact) mass is 1020 g/mol. The molecule has 0 aromatic rings. The van der Waals surface area contributed by atoms with Gasteiger partial charge in [-0.25, -0.2) is 0 Å². The first-order valence-corrected chi connectivity index (χ1v) is 27.0. The van der Waals surface area contributed by atoms with E-state index in [1.54, 1.807) is 34.6 Å². The van der Waals surface area contributed by atoms with Crippen LogP contribution >= 0.6 is 0 Å². The minimum atomic E-state index is -2.03. The fraction of sp³-hybridized carbons (Fsp3) is 0.807. The zero-order valence-electron chi connectivity index (χ0n) is 46.5. The van der Waals surface area contributed by atoms with Crippen molar-refractivity contribution in [3.05, 3.63) is 48.6 Å². The molecule has 1 unspecified atom stereocenters. The Morgan fingerprint density at radius 2 is 1.36 bits per heavy atom. The Labute approximate surface area is 433 Å². The Balaban J connectivity index is 1.83. The van der Waals surface area contributed by atoms with Gasteiger partial charge in [0.1, 0.15) is 29.2 Å². The summed E-state index contributed by atoms with van der Waals surface area (Å²) in [5.41, 5.74) is -4.97. The van der Waals surface area contributed by atoms with Crippen molar-refractivity contribution in [2.45, 2.75) is 250 Å². The number of allylic oxidation sites excluding steroid dienone is 8. The number of rotatable bonds is 22. The summed E-state index contributed by atoms with van der Waals surface area (Å²) in [5, 5.41) is 47.6. The van der Waals surface area contributed by atoms with Crippen LogP contribution in [0.15, 0.2) is 48.6 Å². The number of unbranched alkanes of at least 4 members (excludes halogenated alkanes) is 4. The number of ketones is 1. The SMILES string of the molecule is CCCCC/C=C\C/C=C\C/C=C\C/C=C\CCCC(=O)O[C@H]1[C@H](C)O[C@@H](OC2[C@@H](C)C(=O)O[C@H](CC)[C@@](C)(O)[C@H](O)[C@@H](C)C(=O)[C@H](C)C[C@@](C)(O)[C@H](O[C@@H]3O[C@H](C)C[C@H](N(C)C)[C@H]3O)[C@H]2C)C[C@@]1(C)OC. The molecule has 15 nitrogen and oxygen atoms in total. The first kappa shape index (κ1) is 63.5. The van der Waals surface area contributed by atoms with Crippen molar-refractivity contribution in [2.75, 3.05) is 21.2 Å². The molecule has 0 aliphatic carbocycles. The van der Waals surface area contributed by atoms with Gasteiger partial charge < -0.3 is 58.5 Å². The van der Waals surface area contributed by atoms with Gasteiger partial charge in [0.05, 0.1) is 42.0 Å². The van der Waals surface area contributed by atoms with Gasteiger partial charge in [-0.05, 0) is 120 Å². The normalized spacial score (nSPS) is 39.1. The molecule has 0 bridgehead atoms. The Bertz CT molecular complexity index is 1760. The number of Topliss-reactive ketones (excluding diaryl/α,β-unsaturated/α-hetero) is 1. The highest BCUT2D eigenvalue weighted by molar-refractivity contribution is 5.83. The summed E-state index contributed by atoms with van der Waals surface area (Å²) < 4.78 is 44.4. The Morgan fingerprint density at radius 3 is 1.92 bits per heavy atom. The molecule has 0 radical (unpaired) electrons. The molecule has 3 aliphatic heterocycles. The zero-order chi connectivity index (χ0) is 54.0. The van der Waals surface area contributed by atoms with E-state index in [1.807, 2.05) is 32.8 Å². The average molecular weight is 1020 g/mol. The molecule has 0 spiro atoms. The van der Waals surface area contributed by atoms with E-state index in [-0.39, 0.29) is 37.8 Å². The van der Waals surface area contributed by atoms with Crippen LogP contribution in [0.1, 0.15) is 166 Å². The Kier molecular flexibility index (Phi) is 26.5. The molecule has 4 N–H and O–H groups in total. The summed E-state index contributed by atoms with van der Waals surface area (Å²) in [7, 11) is 5.23. The van der Waals surface area contributed by atoms with Gasteiger partial charge in [0.25, 0.3) is 0 Å². The van der Waals surface area contributed by atoms with E-state index in [9.17, 15) is 34.8 Å². The van der Waals surface area contributed by atoms with Crippen molar-refractivity contribution >= 4 is 17.7 Å². The predicted octanol–water partition coefficient (Wildman–Crippen LogP) is 8.48. The highest BCUT2D eigenvalue weighted by Crippen LogP contribution is 2.41. The number of hydrogen-bond acceptors (Lipinski definition) is 15. The molecule has 3 rings (SSSR count). The number of carbonyl (C=O) groups is 3. The summed E-state index contributed by atoms with van der Waals surface area (Å²) in [5.74, 6) is -5.54. The summed E-state index contributed by atoms with van der Waals surface area (Å²) >= 11 is 0. The maximum Gasteiger partial charge on any atom is 0.311 e. The van der Waals surface area contributed by atoms with E-state index in [0.717, 1.165) is 25.7 Å². The van der Waals surface area contributed by atoms with Gasteiger partial charge in [-0.2, -0.15) is 0 Å². The molecule has 0 aromatic heterocycles. The van der Waals surface area contributed by atoms with Crippen molar-refractivity contribution in [3.8, 4) is 0 Å². The second-order valence-corrected chi connectivity index (χ2v) is 21.9. The minimum absolute atomic E-state index is 0.0648. The average Bonchev–Trinajstić information content (AvgIpc) is 3.32. The van der Waals surface area contributed by atoms with Gasteiger partial charge >= 0.3 is 11.9 Å². The number of cyclic esters (lactones) is 1. The van der Waals surface area contributed by atoms with E-state index >= 15 is 0 Å². The molecule has 0 saturated carbocycles. The van der Waals surface area contributed by atoms with E-state index in [2.05, 4.69) is 55.5 Å². The van der Waals surface area contributed by atoms with E-state index in [0.29, 0.717) is 19.3 Å². The van der Waals surface area contributed by atoms with Crippen molar-refractivity contribution in [3.63, 3.8) is 0 Å². The maximum atomic E-state index is 14.4. The van der Waals surface area contributed by atoms with E-state index < -0.39 is 114 Å². The van der Waals surface area contributed by atoms with Crippen LogP contribution in [0.5, 0.6) is 0 Å². The molecule has 72 heavy (non-hydrogen) atoms. The molecule has 3 aliphatic rings. The van der Waals surface area contributed by atoms with Crippen molar-refractivity contribution in [1.82, 2.24) is 4.90 Å². The van der Waals surface area contributed by atoms with Gasteiger partial charge in [-0.15, -0.1) is 0 Å². The first-order valence-electron chi connectivity index (χ1n) is 27.0. The van der Waals surface area contributed by atoms with Crippen LogP contribution in [0.25, 0.3) is 0 Å². The smallest absolute Gasteiger partial charge is 0.311 e. The fourth-order valence-electron chi connectivity index (χ4n) is 10.7. The third kappa shape index (κ3) is 18.2. The predicted molar refractivity (Wildman–Crippen MR) is 279 cm³/mol. The topological polar surface area (TPSA) is 200 Å². The zero-order valence-corrected chi connectivity index (χ0v) is 46.5. The first-order chi connectivity index (χ1) is 33.9. The molecule has 0 aromatic carbocycles. The number of ether oxygens (including phenoxy) is 7. The number of likely N-dealkylation sites (N-methyl/N-ethyl adjacent to an activating group) is 1. The van der Waals surface area contributed by atoms with Crippen LogP contribution in [-0.2, 0) is 47.5 Å².